The van der Waals surface area contributed by atoms with Crippen LogP contribution in [0.1, 0.15) is 30.1 Å². The minimum Gasteiger partial charge on any atom is -0.394 e. The van der Waals surface area contributed by atoms with Crippen molar-refractivity contribution in [2.45, 2.75) is 25.3 Å². The van der Waals surface area contributed by atoms with Gasteiger partial charge in [0.1, 0.15) is 5.82 Å². The van der Waals surface area contributed by atoms with Gasteiger partial charge in [0.2, 0.25) is 0 Å². The Morgan fingerprint density at radius 1 is 1.60 bits per heavy atom. The summed E-state index contributed by atoms with van der Waals surface area (Å²) in [5.74, 6) is -1.45. The van der Waals surface area contributed by atoms with Crippen molar-refractivity contribution < 1.29 is 19.2 Å². The third-order valence-corrected chi connectivity index (χ3v) is 3.61. The monoisotopic (exact) mass is 282 g/mol. The zero-order valence-corrected chi connectivity index (χ0v) is 10.9. The molecular formula is C13H15FN2O4. The van der Waals surface area contributed by atoms with E-state index in [0.717, 1.165) is 25.0 Å². The average molecular weight is 282 g/mol. The number of benzene rings is 1. The molecule has 108 valence electrons. The molecule has 1 fully saturated rings. The molecule has 1 atom stereocenters. The summed E-state index contributed by atoms with van der Waals surface area (Å²) in [6, 6.07) is 2.86. The van der Waals surface area contributed by atoms with Crippen molar-refractivity contribution >= 4 is 11.6 Å². The van der Waals surface area contributed by atoms with E-state index in [9.17, 15) is 24.4 Å². The molecule has 1 saturated carbocycles. The molecular weight excluding hydrogens is 267 g/mol. The van der Waals surface area contributed by atoms with Gasteiger partial charge in [-0.2, -0.15) is 0 Å². The highest BCUT2D eigenvalue weighted by molar-refractivity contribution is 5.95. The van der Waals surface area contributed by atoms with Crippen LogP contribution >= 0.6 is 0 Å². The highest BCUT2D eigenvalue weighted by Crippen LogP contribution is 2.39. The number of nitro benzene ring substituents is 1. The van der Waals surface area contributed by atoms with E-state index in [0.29, 0.717) is 6.07 Å². The minimum absolute atomic E-state index is 0.178. The number of rotatable bonds is 5. The molecule has 2 N–H and O–H groups in total. The van der Waals surface area contributed by atoms with Gasteiger partial charge in [0.25, 0.3) is 11.6 Å². The van der Waals surface area contributed by atoms with Gasteiger partial charge in [-0.25, -0.2) is 4.39 Å². The summed E-state index contributed by atoms with van der Waals surface area (Å²) in [6.45, 7) is 1.46. The number of amides is 1. The van der Waals surface area contributed by atoms with E-state index < -0.39 is 27.9 Å². The third-order valence-electron chi connectivity index (χ3n) is 3.61. The van der Waals surface area contributed by atoms with Crippen LogP contribution in [0.3, 0.4) is 0 Å². The highest BCUT2D eigenvalue weighted by atomic mass is 19.1. The topological polar surface area (TPSA) is 92.5 Å². The standard InChI is InChI=1S/C13H15FN2O4/c1-13(7-17,8-2-3-8)15-12(18)10-5-4-9(16(19)20)6-11(10)14/h4-6,8,17H,2-3,7H2,1H3,(H,15,18). The quantitative estimate of drug-likeness (QED) is 0.634. The Kier molecular flexibility index (Phi) is 3.71. The first-order valence-corrected chi connectivity index (χ1v) is 6.24. The molecule has 1 aromatic rings. The Morgan fingerprint density at radius 2 is 2.25 bits per heavy atom. The Labute approximate surface area is 114 Å². The normalized spacial score (nSPS) is 17.4. The molecule has 1 unspecified atom stereocenters. The molecule has 1 amide bonds. The molecule has 1 aromatic carbocycles. The lowest BCUT2D eigenvalue weighted by Crippen LogP contribution is -2.50. The van der Waals surface area contributed by atoms with Gasteiger partial charge in [-0.1, -0.05) is 0 Å². The van der Waals surface area contributed by atoms with Gasteiger partial charge in [-0.05, 0) is 31.7 Å². The van der Waals surface area contributed by atoms with E-state index in [2.05, 4.69) is 5.32 Å². The molecule has 0 spiro atoms. The first-order valence-electron chi connectivity index (χ1n) is 6.24. The fraction of sp³-hybridized carbons (Fsp3) is 0.462. The van der Waals surface area contributed by atoms with Crippen LogP contribution in [0.15, 0.2) is 18.2 Å². The maximum absolute atomic E-state index is 13.7. The van der Waals surface area contributed by atoms with Gasteiger partial charge in [0, 0.05) is 6.07 Å². The predicted octanol–water partition coefficient (Wildman–Crippen LogP) is 1.62. The minimum atomic E-state index is -0.951. The molecule has 1 aliphatic carbocycles. The summed E-state index contributed by atoms with van der Waals surface area (Å²) < 4.78 is 13.7. The van der Waals surface area contributed by atoms with Crippen LogP contribution in [0.4, 0.5) is 10.1 Å². The van der Waals surface area contributed by atoms with Gasteiger partial charge < -0.3 is 10.4 Å². The molecule has 0 radical (unpaired) electrons. The fourth-order valence-corrected chi connectivity index (χ4v) is 2.12. The number of halogens is 1. The lowest BCUT2D eigenvalue weighted by atomic mass is 9.96. The zero-order chi connectivity index (χ0) is 14.9. The number of nitrogens with one attached hydrogen (secondary N) is 1. The van der Waals surface area contributed by atoms with Crippen molar-refractivity contribution in [3.63, 3.8) is 0 Å². The predicted molar refractivity (Wildman–Crippen MR) is 68.7 cm³/mol. The number of aliphatic hydroxyl groups is 1. The Hall–Kier alpha value is -2.02. The maximum Gasteiger partial charge on any atom is 0.272 e. The average Bonchev–Trinajstić information content (AvgIpc) is 3.22. The first-order chi connectivity index (χ1) is 9.37. The van der Waals surface area contributed by atoms with Gasteiger partial charge in [0.05, 0.1) is 28.7 Å². The molecule has 1 aliphatic rings. The van der Waals surface area contributed by atoms with E-state index in [1.165, 1.54) is 0 Å². The van der Waals surface area contributed by atoms with E-state index in [4.69, 9.17) is 0 Å². The summed E-state index contributed by atoms with van der Waals surface area (Å²) in [5, 5.41) is 22.5. The molecule has 20 heavy (non-hydrogen) atoms. The van der Waals surface area contributed by atoms with Gasteiger partial charge in [0.15, 0.2) is 0 Å². The van der Waals surface area contributed by atoms with E-state index in [1.807, 2.05) is 0 Å². The van der Waals surface area contributed by atoms with Crippen LogP contribution < -0.4 is 5.32 Å². The molecule has 0 bridgehead atoms. The highest BCUT2D eigenvalue weighted by Gasteiger charge is 2.42. The van der Waals surface area contributed by atoms with Crippen molar-refractivity contribution in [1.82, 2.24) is 5.32 Å². The van der Waals surface area contributed by atoms with Crippen molar-refractivity contribution in [2.24, 2.45) is 5.92 Å². The zero-order valence-electron chi connectivity index (χ0n) is 10.9. The number of carbonyl (C=O) groups is 1. The number of hydrogen-bond acceptors (Lipinski definition) is 4. The second kappa shape index (κ2) is 5.16. The summed E-state index contributed by atoms with van der Waals surface area (Å²) in [6.07, 6.45) is 1.81. The molecule has 0 heterocycles. The van der Waals surface area contributed by atoms with Gasteiger partial charge in [-0.3, -0.25) is 14.9 Å². The largest absolute Gasteiger partial charge is 0.394 e. The smallest absolute Gasteiger partial charge is 0.272 e. The molecule has 6 nitrogen and oxygen atoms in total. The van der Waals surface area contributed by atoms with Crippen molar-refractivity contribution in [3.05, 3.63) is 39.7 Å². The van der Waals surface area contributed by atoms with Crippen molar-refractivity contribution in [3.8, 4) is 0 Å². The van der Waals surface area contributed by atoms with Crippen molar-refractivity contribution in [2.75, 3.05) is 6.61 Å². The Balaban J connectivity index is 2.19. The Bertz CT molecular complexity index is 559. The van der Waals surface area contributed by atoms with E-state index in [1.54, 1.807) is 6.92 Å². The summed E-state index contributed by atoms with van der Waals surface area (Å²) in [7, 11) is 0. The summed E-state index contributed by atoms with van der Waals surface area (Å²) >= 11 is 0. The van der Waals surface area contributed by atoms with Crippen molar-refractivity contribution in [1.29, 1.82) is 0 Å². The number of aliphatic hydroxyl groups excluding tert-OH is 1. The van der Waals surface area contributed by atoms with Crippen LogP contribution in [0, 0.1) is 21.8 Å². The molecule has 2 rings (SSSR count). The van der Waals surface area contributed by atoms with Gasteiger partial charge in [-0.15, -0.1) is 0 Å². The maximum atomic E-state index is 13.7. The lowest BCUT2D eigenvalue weighted by Gasteiger charge is -2.28. The number of carbonyl (C=O) groups excluding carboxylic acids is 1. The fourth-order valence-electron chi connectivity index (χ4n) is 2.12. The third kappa shape index (κ3) is 2.77. The molecule has 0 aliphatic heterocycles. The van der Waals surface area contributed by atoms with Gasteiger partial charge >= 0.3 is 0 Å². The Morgan fingerprint density at radius 3 is 2.70 bits per heavy atom. The van der Waals surface area contributed by atoms with Crippen LogP contribution in [-0.4, -0.2) is 28.1 Å². The van der Waals surface area contributed by atoms with E-state index >= 15 is 0 Å². The van der Waals surface area contributed by atoms with Crippen LogP contribution in [0.2, 0.25) is 0 Å². The number of nitro groups is 1. The molecule has 0 aromatic heterocycles. The second-order valence-electron chi connectivity index (χ2n) is 5.23. The number of nitrogens with zero attached hydrogens (tertiary/aromatic N) is 1. The first kappa shape index (κ1) is 14.4. The van der Waals surface area contributed by atoms with Crippen LogP contribution in [-0.2, 0) is 0 Å². The lowest BCUT2D eigenvalue weighted by molar-refractivity contribution is -0.385. The summed E-state index contributed by atoms with van der Waals surface area (Å²) in [4.78, 5) is 21.8. The number of hydrogen-bond donors (Lipinski definition) is 2. The van der Waals surface area contributed by atoms with E-state index in [-0.39, 0.29) is 18.1 Å². The SMILES string of the molecule is CC(CO)(NC(=O)c1ccc([N+](=O)[O-])cc1F)C1CC1. The number of non-ortho nitro benzene ring substituents is 1. The van der Waals surface area contributed by atoms with Crippen LogP contribution in [0.5, 0.6) is 0 Å². The molecule has 7 heteroatoms. The molecule has 0 saturated heterocycles. The van der Waals surface area contributed by atoms with Crippen LogP contribution in [0.25, 0.3) is 0 Å². The second-order valence-corrected chi connectivity index (χ2v) is 5.23. The summed E-state index contributed by atoms with van der Waals surface area (Å²) in [5.41, 5.74) is -1.47.